The van der Waals surface area contributed by atoms with Gasteiger partial charge in [-0.25, -0.2) is 0 Å². The molecule has 0 heterocycles. The van der Waals surface area contributed by atoms with Crippen LogP contribution in [-0.2, 0) is 11.2 Å². The standard InChI is InChI=1S/C14H22N2O3/c1-9(14(16)17)8-19-13-7-11(6-10(2)15)4-5-12(13)18-3/h4-5,7,9-10H,6,8,15H2,1-3H3,(H2,16,17). The summed E-state index contributed by atoms with van der Waals surface area (Å²) in [6.45, 7) is 3.90. The fourth-order valence-corrected chi connectivity index (χ4v) is 1.63. The number of ether oxygens (including phenoxy) is 2. The van der Waals surface area contributed by atoms with Crippen molar-refractivity contribution >= 4 is 5.91 Å². The van der Waals surface area contributed by atoms with E-state index in [0.29, 0.717) is 11.5 Å². The van der Waals surface area contributed by atoms with E-state index in [1.807, 2.05) is 25.1 Å². The van der Waals surface area contributed by atoms with Gasteiger partial charge in [-0.15, -0.1) is 0 Å². The van der Waals surface area contributed by atoms with Gasteiger partial charge in [0.1, 0.15) is 0 Å². The Morgan fingerprint density at radius 1 is 1.32 bits per heavy atom. The normalized spacial score (nSPS) is 13.7. The largest absolute Gasteiger partial charge is 0.493 e. The topological polar surface area (TPSA) is 87.6 Å². The van der Waals surface area contributed by atoms with E-state index in [2.05, 4.69) is 0 Å². The van der Waals surface area contributed by atoms with Gasteiger partial charge < -0.3 is 20.9 Å². The summed E-state index contributed by atoms with van der Waals surface area (Å²) in [5.41, 5.74) is 12.0. The van der Waals surface area contributed by atoms with Crippen LogP contribution in [0.1, 0.15) is 19.4 Å². The van der Waals surface area contributed by atoms with Crippen LogP contribution in [0.25, 0.3) is 0 Å². The smallest absolute Gasteiger partial charge is 0.223 e. The highest BCUT2D eigenvalue weighted by Gasteiger charge is 2.12. The minimum Gasteiger partial charge on any atom is -0.493 e. The van der Waals surface area contributed by atoms with Crippen molar-refractivity contribution in [3.63, 3.8) is 0 Å². The molecule has 0 spiro atoms. The summed E-state index contributed by atoms with van der Waals surface area (Å²) < 4.78 is 10.8. The van der Waals surface area contributed by atoms with Crippen LogP contribution in [0.5, 0.6) is 11.5 Å². The SMILES string of the molecule is COc1ccc(CC(C)N)cc1OCC(C)C(N)=O. The number of hydrogen-bond donors (Lipinski definition) is 2. The number of methoxy groups -OCH3 is 1. The molecular formula is C14H22N2O3. The molecule has 2 atom stereocenters. The van der Waals surface area contributed by atoms with Crippen LogP contribution in [0.2, 0.25) is 0 Å². The van der Waals surface area contributed by atoms with Gasteiger partial charge in [0.15, 0.2) is 11.5 Å². The van der Waals surface area contributed by atoms with Crippen molar-refractivity contribution in [2.75, 3.05) is 13.7 Å². The lowest BCUT2D eigenvalue weighted by Gasteiger charge is -2.15. The minimum atomic E-state index is -0.384. The lowest BCUT2D eigenvalue weighted by Crippen LogP contribution is -2.25. The predicted molar refractivity (Wildman–Crippen MR) is 74.2 cm³/mol. The van der Waals surface area contributed by atoms with Crippen molar-refractivity contribution in [3.8, 4) is 11.5 Å². The number of amides is 1. The van der Waals surface area contributed by atoms with Crippen LogP contribution >= 0.6 is 0 Å². The Morgan fingerprint density at radius 2 is 2.00 bits per heavy atom. The van der Waals surface area contributed by atoms with Crippen LogP contribution in [-0.4, -0.2) is 25.7 Å². The highest BCUT2D eigenvalue weighted by atomic mass is 16.5. The maximum absolute atomic E-state index is 11.0. The van der Waals surface area contributed by atoms with E-state index >= 15 is 0 Å². The minimum absolute atomic E-state index is 0.0748. The third-order valence-electron chi connectivity index (χ3n) is 2.76. The van der Waals surface area contributed by atoms with Crippen molar-refractivity contribution < 1.29 is 14.3 Å². The summed E-state index contributed by atoms with van der Waals surface area (Å²) in [6, 6.07) is 5.75. The van der Waals surface area contributed by atoms with E-state index in [1.165, 1.54) is 0 Å². The average molecular weight is 266 g/mol. The van der Waals surface area contributed by atoms with Gasteiger partial charge in [-0.05, 0) is 31.0 Å². The maximum Gasteiger partial charge on any atom is 0.223 e. The van der Waals surface area contributed by atoms with Crippen LogP contribution in [0.4, 0.5) is 0 Å². The molecule has 1 rings (SSSR count). The number of benzene rings is 1. The quantitative estimate of drug-likeness (QED) is 0.773. The number of rotatable bonds is 7. The molecule has 0 aliphatic rings. The highest BCUT2D eigenvalue weighted by Crippen LogP contribution is 2.28. The van der Waals surface area contributed by atoms with Crippen molar-refractivity contribution in [1.29, 1.82) is 0 Å². The summed E-state index contributed by atoms with van der Waals surface area (Å²) in [4.78, 5) is 11.0. The zero-order chi connectivity index (χ0) is 14.4. The molecule has 0 radical (unpaired) electrons. The first-order valence-corrected chi connectivity index (χ1v) is 6.28. The number of nitrogens with two attached hydrogens (primary N) is 2. The third-order valence-corrected chi connectivity index (χ3v) is 2.76. The molecule has 0 saturated heterocycles. The molecule has 0 bridgehead atoms. The van der Waals surface area contributed by atoms with Crippen molar-refractivity contribution in [1.82, 2.24) is 0 Å². The molecule has 19 heavy (non-hydrogen) atoms. The molecule has 106 valence electrons. The number of carbonyl (C=O) groups is 1. The molecule has 0 aromatic heterocycles. The highest BCUT2D eigenvalue weighted by molar-refractivity contribution is 5.76. The number of hydrogen-bond acceptors (Lipinski definition) is 4. The van der Waals surface area contributed by atoms with E-state index in [-0.39, 0.29) is 24.5 Å². The first-order valence-electron chi connectivity index (χ1n) is 6.28. The Kier molecular flexibility index (Phi) is 5.63. The van der Waals surface area contributed by atoms with Gasteiger partial charge in [-0.3, -0.25) is 4.79 Å². The molecule has 4 N–H and O–H groups in total. The summed E-state index contributed by atoms with van der Waals surface area (Å²) in [7, 11) is 1.57. The molecule has 0 aliphatic heterocycles. The lowest BCUT2D eigenvalue weighted by molar-refractivity contribution is -0.122. The van der Waals surface area contributed by atoms with E-state index < -0.39 is 0 Å². The van der Waals surface area contributed by atoms with Crippen LogP contribution in [0.3, 0.4) is 0 Å². The second-order valence-corrected chi connectivity index (χ2v) is 4.78. The molecule has 2 unspecified atom stereocenters. The van der Waals surface area contributed by atoms with Gasteiger partial charge in [-0.1, -0.05) is 13.0 Å². The van der Waals surface area contributed by atoms with Gasteiger partial charge in [-0.2, -0.15) is 0 Å². The zero-order valence-electron chi connectivity index (χ0n) is 11.7. The second-order valence-electron chi connectivity index (χ2n) is 4.78. The van der Waals surface area contributed by atoms with Gasteiger partial charge >= 0.3 is 0 Å². The Labute approximate surface area is 113 Å². The molecule has 0 saturated carbocycles. The van der Waals surface area contributed by atoms with Gasteiger partial charge in [0.25, 0.3) is 0 Å². The average Bonchev–Trinajstić information content (AvgIpc) is 2.35. The van der Waals surface area contributed by atoms with E-state index in [9.17, 15) is 4.79 Å². The Balaban J connectivity index is 2.81. The summed E-state index contributed by atoms with van der Waals surface area (Å²) in [6.07, 6.45) is 0.756. The number of carbonyl (C=O) groups excluding carboxylic acids is 1. The number of primary amides is 1. The van der Waals surface area contributed by atoms with E-state index in [4.69, 9.17) is 20.9 Å². The predicted octanol–water partition coefficient (Wildman–Crippen LogP) is 1.09. The first-order chi connectivity index (χ1) is 8.93. The molecule has 1 aromatic carbocycles. The van der Waals surface area contributed by atoms with Crippen molar-refractivity contribution in [2.24, 2.45) is 17.4 Å². The summed E-state index contributed by atoms with van der Waals surface area (Å²) in [5.74, 6) is 0.506. The monoisotopic (exact) mass is 266 g/mol. The molecule has 1 aromatic rings. The first kappa shape index (κ1) is 15.3. The summed E-state index contributed by atoms with van der Waals surface area (Å²) in [5, 5.41) is 0. The van der Waals surface area contributed by atoms with Gasteiger partial charge in [0.2, 0.25) is 5.91 Å². The Morgan fingerprint density at radius 3 is 2.53 bits per heavy atom. The van der Waals surface area contributed by atoms with Crippen LogP contribution in [0, 0.1) is 5.92 Å². The molecule has 0 fully saturated rings. The lowest BCUT2D eigenvalue weighted by atomic mass is 10.1. The fraction of sp³-hybridized carbons (Fsp3) is 0.500. The fourth-order valence-electron chi connectivity index (χ4n) is 1.63. The molecule has 5 nitrogen and oxygen atoms in total. The third kappa shape index (κ3) is 4.79. The van der Waals surface area contributed by atoms with E-state index in [0.717, 1.165) is 12.0 Å². The molecule has 5 heteroatoms. The maximum atomic E-state index is 11.0. The molecule has 1 amide bonds. The van der Waals surface area contributed by atoms with Crippen molar-refractivity contribution in [2.45, 2.75) is 26.3 Å². The second kappa shape index (κ2) is 6.99. The van der Waals surface area contributed by atoms with E-state index in [1.54, 1.807) is 14.0 Å². The molecular weight excluding hydrogens is 244 g/mol. The van der Waals surface area contributed by atoms with Gasteiger partial charge in [0, 0.05) is 6.04 Å². The van der Waals surface area contributed by atoms with Crippen LogP contribution < -0.4 is 20.9 Å². The zero-order valence-corrected chi connectivity index (χ0v) is 11.7. The van der Waals surface area contributed by atoms with Crippen molar-refractivity contribution in [3.05, 3.63) is 23.8 Å². The van der Waals surface area contributed by atoms with Crippen LogP contribution in [0.15, 0.2) is 18.2 Å². The molecule has 0 aliphatic carbocycles. The Bertz CT molecular complexity index is 433. The Hall–Kier alpha value is -1.75. The summed E-state index contributed by atoms with van der Waals surface area (Å²) >= 11 is 0. The van der Waals surface area contributed by atoms with Gasteiger partial charge in [0.05, 0.1) is 19.6 Å².